The van der Waals surface area contributed by atoms with E-state index in [-0.39, 0.29) is 44.9 Å². The summed E-state index contributed by atoms with van der Waals surface area (Å²) in [7, 11) is 0. The van der Waals surface area contributed by atoms with Crippen LogP contribution < -0.4 is 10.7 Å². The molecule has 2 saturated heterocycles. The number of nitrogens with zero attached hydrogens (tertiary/aromatic N) is 4. The van der Waals surface area contributed by atoms with Crippen molar-refractivity contribution in [3.8, 4) is 0 Å². The Morgan fingerprint density at radius 3 is 2.48 bits per heavy atom. The molecule has 42 heavy (non-hydrogen) atoms. The van der Waals surface area contributed by atoms with Gasteiger partial charge in [0.05, 0.1) is 18.8 Å². The number of carbonyl (C=O) groups excluding carboxylic acids is 4. The van der Waals surface area contributed by atoms with Crippen LogP contribution in [0.15, 0.2) is 53.7 Å². The zero-order chi connectivity index (χ0) is 30.2. The highest BCUT2D eigenvalue weighted by molar-refractivity contribution is 6.35. The molecule has 0 radical (unpaired) electrons. The predicted octanol–water partition coefficient (Wildman–Crippen LogP) is 2.06. The Labute approximate surface area is 251 Å². The second-order valence-electron chi connectivity index (χ2n) is 9.57. The number of nitrogens with one attached hydrogen (secondary N) is 2. The first-order chi connectivity index (χ1) is 20.2. The number of hydrogen-bond acceptors (Lipinski definition) is 8. The van der Waals surface area contributed by atoms with E-state index in [9.17, 15) is 29.4 Å². The van der Waals surface area contributed by atoms with Gasteiger partial charge in [0.25, 0.3) is 5.91 Å². The Hall–Kier alpha value is -3.91. The summed E-state index contributed by atoms with van der Waals surface area (Å²) in [5.74, 6) is -1.59. The second-order valence-corrected chi connectivity index (χ2v) is 10.4. The first kappa shape index (κ1) is 31.0. The Bertz CT molecular complexity index is 1310. The minimum absolute atomic E-state index is 0.0651. The summed E-state index contributed by atoms with van der Waals surface area (Å²) < 4.78 is 0. The van der Waals surface area contributed by atoms with E-state index >= 15 is 0 Å². The molecule has 0 bridgehead atoms. The van der Waals surface area contributed by atoms with Crippen molar-refractivity contribution in [2.75, 3.05) is 13.1 Å². The van der Waals surface area contributed by atoms with Crippen molar-refractivity contribution in [2.45, 2.75) is 50.7 Å². The highest BCUT2D eigenvalue weighted by Crippen LogP contribution is 2.25. The van der Waals surface area contributed by atoms with Crippen molar-refractivity contribution < 1.29 is 34.2 Å². The minimum Gasteiger partial charge on any atom is -0.391 e. The number of urea groups is 1. The number of amides is 5. The maximum atomic E-state index is 13.6. The van der Waals surface area contributed by atoms with Gasteiger partial charge in [0, 0.05) is 40.6 Å². The molecule has 5 amide bonds. The van der Waals surface area contributed by atoms with Crippen LogP contribution in [0.4, 0.5) is 4.79 Å². The summed E-state index contributed by atoms with van der Waals surface area (Å²) in [6.07, 6.45) is -0.377. The van der Waals surface area contributed by atoms with Crippen LogP contribution in [0.1, 0.15) is 41.6 Å². The molecule has 2 aliphatic rings. The maximum absolute atomic E-state index is 13.6. The lowest BCUT2D eigenvalue weighted by molar-refractivity contribution is -0.155. The molecule has 2 fully saturated rings. The van der Waals surface area contributed by atoms with E-state index in [0.29, 0.717) is 27.6 Å². The van der Waals surface area contributed by atoms with Gasteiger partial charge in [-0.2, -0.15) is 0 Å². The fraction of sp³-hybridized carbons (Fsp3) is 0.370. The first-order valence-electron chi connectivity index (χ1n) is 13.2. The van der Waals surface area contributed by atoms with Crippen molar-refractivity contribution in [3.63, 3.8) is 0 Å². The lowest BCUT2D eigenvalue weighted by atomic mass is 10.1. The number of carbonyl (C=O) groups is 4. The van der Waals surface area contributed by atoms with Gasteiger partial charge in [-0.3, -0.25) is 19.8 Å². The van der Waals surface area contributed by atoms with Crippen LogP contribution >= 0.6 is 23.2 Å². The van der Waals surface area contributed by atoms with Crippen LogP contribution in [0.3, 0.4) is 0 Å². The largest absolute Gasteiger partial charge is 0.391 e. The van der Waals surface area contributed by atoms with Gasteiger partial charge in [-0.1, -0.05) is 52.6 Å². The van der Waals surface area contributed by atoms with E-state index in [1.165, 1.54) is 11.2 Å². The van der Waals surface area contributed by atoms with E-state index in [4.69, 9.17) is 28.0 Å². The van der Waals surface area contributed by atoms with Gasteiger partial charge in [-0.25, -0.2) is 19.8 Å². The fourth-order valence-electron chi connectivity index (χ4n) is 4.54. The number of aliphatic hydroxyl groups excluding tert-OH is 1. The molecule has 0 saturated carbocycles. The number of oxime groups is 1. The zero-order valence-electron chi connectivity index (χ0n) is 22.4. The SMILES string of the molecule is O=C(NN1CCC(=O)N2CCC[C@@H](C(=O)N[C@H](C=NOCc3c(Cl)cccc3Cl)CC(O)O)N2C1=O)c1ccccc1. The number of fused-ring (bicyclic) bond motifs is 1. The molecule has 4 N–H and O–H groups in total. The minimum atomic E-state index is -1.80. The third-order valence-electron chi connectivity index (χ3n) is 6.62. The van der Waals surface area contributed by atoms with Crippen molar-refractivity contribution >= 4 is 53.2 Å². The molecule has 15 heteroatoms. The van der Waals surface area contributed by atoms with Crippen LogP contribution in [0, 0.1) is 0 Å². The Morgan fingerprint density at radius 2 is 1.79 bits per heavy atom. The molecule has 2 aromatic rings. The van der Waals surface area contributed by atoms with Crippen molar-refractivity contribution in [2.24, 2.45) is 5.16 Å². The van der Waals surface area contributed by atoms with Gasteiger partial charge in [0.15, 0.2) is 6.29 Å². The molecule has 2 aromatic carbocycles. The van der Waals surface area contributed by atoms with Crippen LogP contribution in [0.2, 0.25) is 10.0 Å². The second kappa shape index (κ2) is 14.3. The lowest BCUT2D eigenvalue weighted by Gasteiger charge is -2.43. The smallest absolute Gasteiger partial charge is 0.358 e. The van der Waals surface area contributed by atoms with Gasteiger partial charge in [-0.05, 0) is 37.1 Å². The summed E-state index contributed by atoms with van der Waals surface area (Å²) in [6.45, 7) is 0.0493. The highest BCUT2D eigenvalue weighted by atomic mass is 35.5. The van der Waals surface area contributed by atoms with E-state index in [0.717, 1.165) is 10.0 Å². The van der Waals surface area contributed by atoms with Crippen LogP contribution in [0.5, 0.6) is 0 Å². The molecule has 4 rings (SSSR count). The standard InChI is InChI=1S/C27H30Cl2N6O7/c28-20-8-4-9-21(29)19(20)16-42-30-15-18(14-24(37)38)31-26(40)22-10-5-12-34-23(36)11-13-33(27(41)35(22)34)32-25(39)17-6-2-1-3-7-17/h1-4,6-9,15,18,22,24,37-38H,5,10-14,16H2,(H,31,40)(H,32,39)/t18-,22-/m0/s1. The predicted molar refractivity (Wildman–Crippen MR) is 152 cm³/mol. The molecule has 0 spiro atoms. The third kappa shape index (κ3) is 7.68. The quantitative estimate of drug-likeness (QED) is 0.179. The van der Waals surface area contributed by atoms with Gasteiger partial charge in [0.1, 0.15) is 12.6 Å². The Kier molecular flexibility index (Phi) is 10.6. The Morgan fingerprint density at radius 1 is 1.07 bits per heavy atom. The highest BCUT2D eigenvalue weighted by Gasteiger charge is 2.44. The molecule has 13 nitrogen and oxygen atoms in total. The van der Waals surface area contributed by atoms with Gasteiger partial charge in [-0.15, -0.1) is 0 Å². The average molecular weight is 621 g/mol. The van der Waals surface area contributed by atoms with Crippen molar-refractivity contribution in [3.05, 3.63) is 69.7 Å². The molecule has 0 aromatic heterocycles. The monoisotopic (exact) mass is 620 g/mol. The normalized spacial score (nSPS) is 18.1. The van der Waals surface area contributed by atoms with Crippen molar-refractivity contribution in [1.29, 1.82) is 0 Å². The van der Waals surface area contributed by atoms with E-state index in [1.807, 2.05) is 0 Å². The van der Waals surface area contributed by atoms with Crippen LogP contribution in [-0.4, -0.2) is 86.7 Å². The van der Waals surface area contributed by atoms with Gasteiger partial charge in [0.2, 0.25) is 11.8 Å². The maximum Gasteiger partial charge on any atom is 0.358 e. The van der Waals surface area contributed by atoms with Gasteiger partial charge >= 0.3 is 6.03 Å². The summed E-state index contributed by atoms with van der Waals surface area (Å²) in [6, 6.07) is 10.3. The molecule has 224 valence electrons. The molecular weight excluding hydrogens is 591 g/mol. The number of hydrogen-bond donors (Lipinski definition) is 4. The fourth-order valence-corrected chi connectivity index (χ4v) is 5.05. The van der Waals surface area contributed by atoms with Gasteiger partial charge < -0.3 is 20.4 Å². The zero-order valence-corrected chi connectivity index (χ0v) is 23.9. The summed E-state index contributed by atoms with van der Waals surface area (Å²) in [4.78, 5) is 58.0. The Balaban J connectivity index is 1.47. The van der Waals surface area contributed by atoms with E-state index in [2.05, 4.69) is 15.9 Å². The molecule has 2 aliphatic heterocycles. The molecule has 2 heterocycles. The molecule has 2 atom stereocenters. The third-order valence-corrected chi connectivity index (χ3v) is 7.33. The molecule has 0 unspecified atom stereocenters. The number of rotatable bonds is 10. The summed E-state index contributed by atoms with van der Waals surface area (Å²) in [5, 5.41) is 29.6. The lowest BCUT2D eigenvalue weighted by Crippen LogP contribution is -2.64. The molecular formula is C27H30Cl2N6O7. The van der Waals surface area contributed by atoms with Crippen molar-refractivity contribution in [1.82, 2.24) is 25.8 Å². The number of halogens is 2. The topological polar surface area (TPSA) is 164 Å². The summed E-state index contributed by atoms with van der Waals surface area (Å²) in [5.41, 5.74) is 3.34. The number of aliphatic hydroxyl groups is 2. The van der Waals surface area contributed by atoms with Crippen LogP contribution in [0.25, 0.3) is 0 Å². The van der Waals surface area contributed by atoms with E-state index < -0.39 is 36.2 Å². The molecule has 0 aliphatic carbocycles. The average Bonchev–Trinajstić information content (AvgIpc) is 3.08. The number of hydrazine groups is 2. The van der Waals surface area contributed by atoms with E-state index in [1.54, 1.807) is 48.5 Å². The van der Waals surface area contributed by atoms with Crippen LogP contribution in [-0.2, 0) is 21.0 Å². The first-order valence-corrected chi connectivity index (χ1v) is 13.9. The number of benzene rings is 2. The summed E-state index contributed by atoms with van der Waals surface area (Å²) >= 11 is 12.3.